The number of nitrogens with zero attached hydrogens (tertiary/aromatic N) is 4. The molecule has 1 atom stereocenters. The highest BCUT2D eigenvalue weighted by Gasteiger charge is 2.44. The van der Waals surface area contributed by atoms with Gasteiger partial charge in [-0.2, -0.15) is 44.6 Å². The van der Waals surface area contributed by atoms with Crippen LogP contribution in [0.5, 0.6) is 0 Å². The quantitative estimate of drug-likeness (QED) is 0.353. The van der Waals surface area contributed by atoms with Crippen molar-refractivity contribution in [2.75, 3.05) is 52.9 Å². The molecule has 1 unspecified atom stereocenters. The fourth-order valence-corrected chi connectivity index (χ4v) is 4.32. The Hall–Kier alpha value is -3.17. The summed E-state index contributed by atoms with van der Waals surface area (Å²) in [7, 11) is 2.22. The van der Waals surface area contributed by atoms with E-state index in [0.29, 0.717) is 6.04 Å². The molecule has 3 aliphatic rings. The number of aliphatic carboxylic acids is 3. The molecular weight excluding hydrogens is 629 g/mol. The number of piperidine rings is 1. The number of ether oxygens (including phenoxy) is 1. The third kappa shape index (κ3) is 14.1. The lowest BCUT2D eigenvalue weighted by atomic mass is 9.87. The minimum atomic E-state index is -5.08. The van der Waals surface area contributed by atoms with E-state index < -0.39 is 36.4 Å². The van der Waals surface area contributed by atoms with Crippen LogP contribution in [0.1, 0.15) is 25.0 Å². The summed E-state index contributed by atoms with van der Waals surface area (Å²) < 4.78 is 102. The average Bonchev–Trinajstić information content (AvgIpc) is 3.56. The van der Waals surface area contributed by atoms with E-state index in [1.54, 1.807) is 0 Å². The second-order valence-corrected chi connectivity index (χ2v) is 9.96. The highest BCUT2D eigenvalue weighted by molar-refractivity contribution is 5.73. The van der Waals surface area contributed by atoms with Gasteiger partial charge in [0.2, 0.25) is 0 Å². The first-order valence-electron chi connectivity index (χ1n) is 12.7. The van der Waals surface area contributed by atoms with Crippen molar-refractivity contribution in [1.29, 1.82) is 0 Å². The standard InChI is InChI=1S/C17H29N5O.3C2HF3O2/c1-20-8-10-22(11-9-20)16-12-17(23-14-16)3-6-21(7-4-17)13-15-2-5-18-19-15;3*3-2(4,5)1(6)7/h2,5,16H,3-4,6-14H2,1H3,(H,18,19);3*(H,6,7). The molecule has 4 rings (SSSR count). The number of carboxylic acid groups (broad SMARTS) is 3. The number of H-pyrrole nitrogens is 1. The van der Waals surface area contributed by atoms with Crippen LogP contribution in [0.2, 0.25) is 0 Å². The molecule has 4 N–H and O–H groups in total. The van der Waals surface area contributed by atoms with Gasteiger partial charge in [-0.15, -0.1) is 0 Å². The summed E-state index contributed by atoms with van der Waals surface area (Å²) in [5.41, 5.74) is 1.36. The summed E-state index contributed by atoms with van der Waals surface area (Å²) in [5, 5.41) is 28.5. The number of rotatable bonds is 3. The maximum atomic E-state index is 10.6. The molecule has 21 heteroatoms. The predicted molar refractivity (Wildman–Crippen MR) is 130 cm³/mol. The van der Waals surface area contributed by atoms with Crippen LogP contribution >= 0.6 is 0 Å². The number of aromatic amines is 1. The van der Waals surface area contributed by atoms with Crippen LogP contribution < -0.4 is 0 Å². The molecule has 0 aliphatic carbocycles. The summed E-state index contributed by atoms with van der Waals surface area (Å²) in [6, 6.07) is 2.71. The zero-order chi connectivity index (χ0) is 33.9. The fourth-order valence-electron chi connectivity index (χ4n) is 4.32. The molecule has 44 heavy (non-hydrogen) atoms. The van der Waals surface area contributed by atoms with Crippen molar-refractivity contribution in [3.8, 4) is 0 Å². The van der Waals surface area contributed by atoms with Gasteiger partial charge in [0, 0.05) is 63.7 Å². The summed E-state index contributed by atoms with van der Waals surface area (Å²) in [4.78, 5) is 34.3. The Labute approximate surface area is 244 Å². The number of halogens is 9. The summed E-state index contributed by atoms with van der Waals surface area (Å²) in [5.74, 6) is -8.27. The number of carbonyl (C=O) groups is 3. The zero-order valence-electron chi connectivity index (χ0n) is 23.2. The van der Waals surface area contributed by atoms with Gasteiger partial charge in [-0.05, 0) is 32.4 Å². The van der Waals surface area contributed by atoms with E-state index in [4.69, 9.17) is 34.4 Å². The van der Waals surface area contributed by atoms with Gasteiger partial charge in [-0.1, -0.05) is 0 Å². The molecule has 12 nitrogen and oxygen atoms in total. The smallest absolute Gasteiger partial charge is 0.475 e. The first kappa shape index (κ1) is 38.9. The maximum Gasteiger partial charge on any atom is 0.490 e. The lowest BCUT2D eigenvalue weighted by Crippen LogP contribution is -2.50. The normalized spacial score (nSPS) is 21.2. The van der Waals surface area contributed by atoms with Crippen molar-refractivity contribution in [3.63, 3.8) is 0 Å². The van der Waals surface area contributed by atoms with E-state index in [1.165, 1.54) is 51.1 Å². The number of alkyl halides is 9. The summed E-state index contributed by atoms with van der Waals surface area (Å²) >= 11 is 0. The molecule has 3 saturated heterocycles. The monoisotopic (exact) mass is 661 g/mol. The van der Waals surface area contributed by atoms with E-state index in [-0.39, 0.29) is 5.60 Å². The Morgan fingerprint density at radius 1 is 0.864 bits per heavy atom. The first-order chi connectivity index (χ1) is 20.1. The molecule has 0 amide bonds. The molecule has 0 saturated carbocycles. The Morgan fingerprint density at radius 3 is 1.66 bits per heavy atom. The third-order valence-electron chi connectivity index (χ3n) is 6.69. The minimum Gasteiger partial charge on any atom is -0.475 e. The van der Waals surface area contributed by atoms with Crippen LogP contribution in [0.3, 0.4) is 0 Å². The van der Waals surface area contributed by atoms with Crippen molar-refractivity contribution in [1.82, 2.24) is 24.9 Å². The third-order valence-corrected chi connectivity index (χ3v) is 6.69. The van der Waals surface area contributed by atoms with E-state index in [1.807, 2.05) is 6.20 Å². The van der Waals surface area contributed by atoms with Gasteiger partial charge in [0.15, 0.2) is 0 Å². The Bertz CT molecular complexity index is 980. The predicted octanol–water partition coefficient (Wildman–Crippen LogP) is 2.68. The van der Waals surface area contributed by atoms with E-state index >= 15 is 0 Å². The van der Waals surface area contributed by atoms with Gasteiger partial charge in [0.25, 0.3) is 0 Å². The van der Waals surface area contributed by atoms with Crippen molar-refractivity contribution in [2.45, 2.75) is 56.0 Å². The number of nitrogens with one attached hydrogen (secondary N) is 1. The molecule has 1 aromatic rings. The summed E-state index contributed by atoms with van der Waals surface area (Å²) in [6.07, 6.45) is -9.84. The van der Waals surface area contributed by atoms with Gasteiger partial charge in [-0.25, -0.2) is 14.4 Å². The van der Waals surface area contributed by atoms with Crippen molar-refractivity contribution >= 4 is 17.9 Å². The van der Waals surface area contributed by atoms with Crippen LogP contribution in [0, 0.1) is 0 Å². The molecule has 254 valence electrons. The van der Waals surface area contributed by atoms with Crippen molar-refractivity contribution in [2.24, 2.45) is 0 Å². The Morgan fingerprint density at radius 2 is 1.30 bits per heavy atom. The minimum absolute atomic E-state index is 0.151. The average molecular weight is 662 g/mol. The topological polar surface area (TPSA) is 160 Å². The van der Waals surface area contributed by atoms with Crippen molar-refractivity contribution in [3.05, 3.63) is 18.0 Å². The molecule has 1 spiro atoms. The molecule has 3 fully saturated rings. The van der Waals surface area contributed by atoms with Gasteiger partial charge >= 0.3 is 36.4 Å². The maximum absolute atomic E-state index is 10.6. The molecule has 3 aliphatic heterocycles. The largest absolute Gasteiger partial charge is 0.490 e. The van der Waals surface area contributed by atoms with Crippen LogP contribution in [0.4, 0.5) is 39.5 Å². The lowest BCUT2D eigenvalue weighted by Gasteiger charge is -2.39. The summed E-state index contributed by atoms with van der Waals surface area (Å²) in [6.45, 7) is 8.98. The fraction of sp³-hybridized carbons (Fsp3) is 0.739. The van der Waals surface area contributed by atoms with Crippen LogP contribution in [0.25, 0.3) is 0 Å². The van der Waals surface area contributed by atoms with Crippen LogP contribution in [-0.4, -0.2) is 141 Å². The number of likely N-dealkylation sites (N-methyl/N-ethyl adjacent to an activating group) is 1. The lowest BCUT2D eigenvalue weighted by molar-refractivity contribution is -0.193. The highest BCUT2D eigenvalue weighted by Crippen LogP contribution is 2.38. The van der Waals surface area contributed by atoms with E-state index in [9.17, 15) is 39.5 Å². The zero-order valence-corrected chi connectivity index (χ0v) is 23.2. The second kappa shape index (κ2) is 16.2. The van der Waals surface area contributed by atoms with Gasteiger partial charge in [-0.3, -0.25) is 14.9 Å². The van der Waals surface area contributed by atoms with E-state index in [2.05, 4.69) is 38.0 Å². The van der Waals surface area contributed by atoms with Crippen molar-refractivity contribution < 1.29 is 74.0 Å². The number of hydrogen-bond acceptors (Lipinski definition) is 8. The van der Waals surface area contributed by atoms with Gasteiger partial charge < -0.3 is 25.0 Å². The van der Waals surface area contributed by atoms with Gasteiger partial charge in [0.1, 0.15) is 0 Å². The van der Waals surface area contributed by atoms with Crippen LogP contribution in [0.15, 0.2) is 12.3 Å². The number of carboxylic acids is 3. The SMILES string of the molecule is CN1CCN(C2COC3(CCN(Cc4ccn[nH]4)CC3)C2)CC1.O=C(O)C(F)(F)F.O=C(O)C(F)(F)F.O=C(O)C(F)(F)F. The number of hydrogen-bond donors (Lipinski definition) is 4. The van der Waals surface area contributed by atoms with E-state index in [0.717, 1.165) is 26.2 Å². The van der Waals surface area contributed by atoms with Gasteiger partial charge in [0.05, 0.1) is 12.2 Å². The highest BCUT2D eigenvalue weighted by atomic mass is 19.4. The number of piperazine rings is 1. The molecular formula is C23H32F9N5O7. The Balaban J connectivity index is 0.000000379. The molecule has 0 aromatic carbocycles. The molecule has 0 bridgehead atoms. The molecule has 0 radical (unpaired) electrons. The molecule has 4 heterocycles. The number of likely N-dealkylation sites (tertiary alicyclic amines) is 1. The Kier molecular flexibility index (Phi) is 14.3. The van der Waals surface area contributed by atoms with Crippen LogP contribution in [-0.2, 0) is 25.7 Å². The first-order valence-corrected chi connectivity index (χ1v) is 12.7. The molecule has 1 aromatic heterocycles. The number of aromatic nitrogens is 2. The second-order valence-electron chi connectivity index (χ2n) is 9.96.